The van der Waals surface area contributed by atoms with Crippen LogP contribution >= 0.6 is 0 Å². The molecule has 2 aromatic heterocycles. The normalized spacial score (nSPS) is 13.9. The molecule has 0 radical (unpaired) electrons. The fraction of sp³-hybridized carbons (Fsp3) is 0.607. The number of hydrogen-bond donors (Lipinski definition) is 0. The monoisotopic (exact) mass is 451 g/mol. The third kappa shape index (κ3) is 9.53. The van der Waals surface area contributed by atoms with E-state index in [0.29, 0.717) is 11.8 Å². The van der Waals surface area contributed by atoms with Crippen molar-refractivity contribution >= 4 is 0 Å². The van der Waals surface area contributed by atoms with Crippen LogP contribution in [0.15, 0.2) is 48.9 Å². The second-order valence-corrected chi connectivity index (χ2v) is 9.45. The minimum Gasteiger partial charge on any atom is -0.272 e. The third-order valence-corrected chi connectivity index (χ3v) is 6.11. The molecule has 0 N–H and O–H groups in total. The first-order valence-corrected chi connectivity index (χ1v) is 13.0. The fourth-order valence-electron chi connectivity index (χ4n) is 3.99. The molecular weight excluding hydrogens is 406 g/mol. The van der Waals surface area contributed by atoms with Crippen molar-refractivity contribution in [2.45, 2.75) is 105 Å². The number of rotatable bonds is 7. The molecule has 4 rings (SSSR count). The lowest BCUT2D eigenvalue weighted by molar-refractivity contribution is 0.308. The molecule has 0 saturated heterocycles. The van der Waals surface area contributed by atoms with E-state index in [4.69, 9.17) is 0 Å². The Labute approximate surface area is 201 Å². The largest absolute Gasteiger partial charge is 0.272 e. The van der Waals surface area contributed by atoms with Crippen LogP contribution in [0.25, 0.3) is 0 Å². The maximum Gasteiger partial charge on any atom is 0.0852 e. The van der Waals surface area contributed by atoms with Gasteiger partial charge in [-0.05, 0) is 48.1 Å². The Morgan fingerprint density at radius 3 is 2.15 bits per heavy atom. The third-order valence-electron chi connectivity index (χ3n) is 6.11. The second kappa shape index (κ2) is 14.7. The highest BCUT2D eigenvalue weighted by molar-refractivity contribution is 5.14. The van der Waals surface area contributed by atoms with Crippen LogP contribution in [0, 0.1) is 5.92 Å². The van der Waals surface area contributed by atoms with Gasteiger partial charge in [0.05, 0.1) is 11.9 Å². The molecule has 3 aromatic rings. The smallest absolute Gasteiger partial charge is 0.0852 e. The summed E-state index contributed by atoms with van der Waals surface area (Å²) in [6.45, 7) is 14.7. The molecule has 1 aliphatic carbocycles. The zero-order valence-corrected chi connectivity index (χ0v) is 21.7. The van der Waals surface area contributed by atoms with Gasteiger partial charge >= 0.3 is 0 Å². The van der Waals surface area contributed by atoms with Crippen LogP contribution in [0.3, 0.4) is 0 Å². The van der Waals surface area contributed by atoms with E-state index in [-0.39, 0.29) is 0 Å². The molecule has 0 aliphatic heterocycles. The van der Waals surface area contributed by atoms with E-state index >= 15 is 0 Å². The van der Waals surface area contributed by atoms with E-state index in [9.17, 15) is 0 Å². The summed E-state index contributed by atoms with van der Waals surface area (Å²) in [5, 5.41) is 12.7. The van der Waals surface area contributed by atoms with E-state index in [1.54, 1.807) is 0 Å². The van der Waals surface area contributed by atoms with Crippen molar-refractivity contribution in [1.82, 2.24) is 24.8 Å². The summed E-state index contributed by atoms with van der Waals surface area (Å²) in [6, 6.07) is 10.4. The van der Waals surface area contributed by atoms with Gasteiger partial charge in [-0.2, -0.15) is 5.10 Å². The molecule has 1 fully saturated rings. The Kier molecular flexibility index (Phi) is 11.9. The van der Waals surface area contributed by atoms with E-state index in [1.165, 1.54) is 43.2 Å². The number of nitrogens with zero attached hydrogens (tertiary/aromatic N) is 5. The molecule has 1 aliphatic rings. The lowest BCUT2D eigenvalue weighted by atomic mass is 9.89. The van der Waals surface area contributed by atoms with Crippen LogP contribution < -0.4 is 0 Å². The molecule has 1 saturated carbocycles. The topological polar surface area (TPSA) is 48.5 Å². The van der Waals surface area contributed by atoms with Gasteiger partial charge in [0.1, 0.15) is 0 Å². The molecule has 5 nitrogen and oxygen atoms in total. The zero-order valence-electron chi connectivity index (χ0n) is 21.7. The summed E-state index contributed by atoms with van der Waals surface area (Å²) in [5.74, 6) is 1.93. The highest BCUT2D eigenvalue weighted by Gasteiger charge is 2.14. The molecular formula is C28H45N5. The van der Waals surface area contributed by atoms with E-state index in [1.807, 2.05) is 37.0 Å². The summed E-state index contributed by atoms with van der Waals surface area (Å²) in [7, 11) is 0. The average molecular weight is 452 g/mol. The van der Waals surface area contributed by atoms with Gasteiger partial charge in [0.2, 0.25) is 0 Å². The Bertz CT molecular complexity index is 873. The molecule has 0 unspecified atom stereocenters. The van der Waals surface area contributed by atoms with Crippen molar-refractivity contribution in [2.24, 2.45) is 5.92 Å². The van der Waals surface area contributed by atoms with Crippen molar-refractivity contribution in [3.8, 4) is 0 Å². The van der Waals surface area contributed by atoms with Gasteiger partial charge in [0.15, 0.2) is 0 Å². The van der Waals surface area contributed by atoms with E-state index in [2.05, 4.69) is 78.2 Å². The van der Waals surface area contributed by atoms with Crippen molar-refractivity contribution in [1.29, 1.82) is 0 Å². The molecule has 33 heavy (non-hydrogen) atoms. The Balaban J connectivity index is 0.000000218. The number of aromatic nitrogens is 5. The van der Waals surface area contributed by atoms with Gasteiger partial charge in [-0.1, -0.05) is 96.4 Å². The molecule has 0 amide bonds. The first-order chi connectivity index (χ1) is 16.0. The predicted molar refractivity (Wildman–Crippen MR) is 138 cm³/mol. The van der Waals surface area contributed by atoms with Gasteiger partial charge in [0.25, 0.3) is 0 Å². The molecule has 0 atom stereocenters. The highest BCUT2D eigenvalue weighted by Crippen LogP contribution is 2.25. The molecule has 0 bridgehead atoms. The molecule has 2 heterocycles. The quantitative estimate of drug-likeness (QED) is 0.380. The second-order valence-electron chi connectivity index (χ2n) is 9.45. The van der Waals surface area contributed by atoms with Gasteiger partial charge in [-0.25, -0.2) is 0 Å². The van der Waals surface area contributed by atoms with Gasteiger partial charge in [-0.15, -0.1) is 5.10 Å². The first kappa shape index (κ1) is 26.8. The zero-order chi connectivity index (χ0) is 24.1. The summed E-state index contributed by atoms with van der Waals surface area (Å²) in [4.78, 5) is 0. The average Bonchev–Trinajstić information content (AvgIpc) is 3.51. The minimum atomic E-state index is 0.450. The maximum atomic E-state index is 4.45. The standard InChI is InChI=1S/C13H17N3.C13H22N2.C2H6/c1-11(2)13-10-16(15-14-13)9-8-12-6-4-3-5-7-12;1-11(2)13-8-14-15(10-13)9-12-6-4-3-5-7-12;1-2/h3-7,10-11H,8-9H2,1-2H3;8,10-12H,3-7,9H2,1-2H3;1-2H3. The Morgan fingerprint density at radius 1 is 0.879 bits per heavy atom. The molecule has 1 aromatic carbocycles. The van der Waals surface area contributed by atoms with Crippen LogP contribution in [0.5, 0.6) is 0 Å². The predicted octanol–water partition coefficient (Wildman–Crippen LogP) is 7.26. The fourth-order valence-corrected chi connectivity index (χ4v) is 3.99. The minimum absolute atomic E-state index is 0.450. The lowest BCUT2D eigenvalue weighted by Gasteiger charge is -2.21. The highest BCUT2D eigenvalue weighted by atomic mass is 15.4. The maximum absolute atomic E-state index is 4.45. The van der Waals surface area contributed by atoms with Crippen LogP contribution in [0.2, 0.25) is 0 Å². The van der Waals surface area contributed by atoms with Crippen molar-refractivity contribution in [3.05, 3.63) is 65.7 Å². The van der Waals surface area contributed by atoms with Crippen molar-refractivity contribution in [3.63, 3.8) is 0 Å². The Morgan fingerprint density at radius 2 is 1.58 bits per heavy atom. The number of benzene rings is 1. The van der Waals surface area contributed by atoms with Gasteiger partial charge < -0.3 is 0 Å². The molecule has 5 heteroatoms. The summed E-state index contributed by atoms with van der Waals surface area (Å²) in [5.41, 5.74) is 3.77. The summed E-state index contributed by atoms with van der Waals surface area (Å²) < 4.78 is 4.06. The first-order valence-electron chi connectivity index (χ1n) is 13.0. The van der Waals surface area contributed by atoms with E-state index in [0.717, 1.165) is 31.1 Å². The van der Waals surface area contributed by atoms with Gasteiger partial charge in [-0.3, -0.25) is 9.36 Å². The van der Waals surface area contributed by atoms with Gasteiger partial charge in [0, 0.05) is 25.5 Å². The van der Waals surface area contributed by atoms with E-state index < -0.39 is 0 Å². The van der Waals surface area contributed by atoms with Crippen LogP contribution in [-0.4, -0.2) is 24.8 Å². The summed E-state index contributed by atoms with van der Waals surface area (Å²) >= 11 is 0. The van der Waals surface area contributed by atoms with Crippen LogP contribution in [0.4, 0.5) is 0 Å². The Hall–Kier alpha value is -2.43. The van der Waals surface area contributed by atoms with Crippen molar-refractivity contribution < 1.29 is 0 Å². The molecule has 0 spiro atoms. The van der Waals surface area contributed by atoms with Crippen LogP contribution in [-0.2, 0) is 19.5 Å². The van der Waals surface area contributed by atoms with Crippen molar-refractivity contribution in [2.75, 3.05) is 0 Å². The number of hydrogen-bond acceptors (Lipinski definition) is 3. The summed E-state index contributed by atoms with van der Waals surface area (Å²) in [6.07, 6.45) is 14.4. The number of aryl methyl sites for hydroxylation is 2. The SMILES string of the molecule is CC.CC(C)c1cn(CCc2ccccc2)nn1.CC(C)c1cnn(CC2CCCCC2)c1. The van der Waals surface area contributed by atoms with Crippen LogP contribution in [0.1, 0.15) is 102 Å². The molecule has 182 valence electrons. The lowest BCUT2D eigenvalue weighted by Crippen LogP contribution is -2.14.